The zero-order valence-electron chi connectivity index (χ0n) is 29.6. The largest absolute Gasteiger partial charge is 0.465 e. The third-order valence-electron chi connectivity index (χ3n) is 10.8. The van der Waals surface area contributed by atoms with Crippen molar-refractivity contribution >= 4 is 11.9 Å². The van der Waals surface area contributed by atoms with Crippen molar-refractivity contribution in [3.8, 4) is 0 Å². The first kappa shape index (κ1) is 38.6. The van der Waals surface area contributed by atoms with Gasteiger partial charge in [0.05, 0.1) is 37.6 Å². The average molecular weight is 681 g/mol. The number of esters is 2. The number of hydrogen-bond donors (Lipinski definition) is 4. The summed E-state index contributed by atoms with van der Waals surface area (Å²) in [5.41, 5.74) is 0.746. The van der Waals surface area contributed by atoms with Gasteiger partial charge in [0.25, 0.3) is 0 Å². The van der Waals surface area contributed by atoms with E-state index in [1.54, 1.807) is 27.0 Å². The van der Waals surface area contributed by atoms with E-state index in [4.69, 9.17) is 28.4 Å². The fraction of sp³-hybridized carbons (Fsp3) is 0.778. The van der Waals surface area contributed by atoms with E-state index in [0.717, 1.165) is 24.0 Å². The topological polar surface area (TPSA) is 170 Å². The van der Waals surface area contributed by atoms with Crippen molar-refractivity contribution in [3.05, 3.63) is 35.5 Å². The third kappa shape index (κ3) is 7.91. The Labute approximate surface area is 284 Å². The normalized spacial score (nSPS) is 40.2. The molecule has 13 atom stereocenters. The van der Waals surface area contributed by atoms with Crippen LogP contribution in [0.25, 0.3) is 0 Å². The second kappa shape index (κ2) is 15.4. The summed E-state index contributed by atoms with van der Waals surface area (Å²) in [5.74, 6) is -1.70. The first-order valence-corrected chi connectivity index (χ1v) is 17.0. The molecule has 4 rings (SSSR count). The molecule has 12 nitrogen and oxygen atoms in total. The van der Waals surface area contributed by atoms with Crippen LogP contribution in [0.4, 0.5) is 0 Å². The first-order valence-electron chi connectivity index (χ1n) is 17.0. The van der Waals surface area contributed by atoms with Crippen molar-refractivity contribution in [2.45, 2.75) is 122 Å². The maximum atomic E-state index is 12.3. The van der Waals surface area contributed by atoms with Gasteiger partial charge in [-0.1, -0.05) is 37.1 Å². The predicted molar refractivity (Wildman–Crippen MR) is 174 cm³/mol. The van der Waals surface area contributed by atoms with Gasteiger partial charge in [0, 0.05) is 38.2 Å². The number of carbonyl (C=O) groups excluding carboxylic acids is 2. The smallest absolute Gasteiger partial charge is 0.303 e. The van der Waals surface area contributed by atoms with Gasteiger partial charge < -0.3 is 48.8 Å². The van der Waals surface area contributed by atoms with Crippen LogP contribution >= 0.6 is 0 Å². The molecule has 1 unspecified atom stereocenters. The fourth-order valence-electron chi connectivity index (χ4n) is 7.88. The molecule has 0 spiro atoms. The van der Waals surface area contributed by atoms with Gasteiger partial charge in [-0.2, -0.15) is 0 Å². The van der Waals surface area contributed by atoms with E-state index < -0.39 is 72.0 Å². The highest BCUT2D eigenvalue weighted by Crippen LogP contribution is 2.56. The van der Waals surface area contributed by atoms with Crippen LogP contribution in [0, 0.1) is 29.1 Å². The minimum Gasteiger partial charge on any atom is -0.465 e. The van der Waals surface area contributed by atoms with Crippen LogP contribution in [-0.2, 0) is 38.0 Å². The van der Waals surface area contributed by atoms with Gasteiger partial charge in [0.15, 0.2) is 12.4 Å². The Balaban J connectivity index is 1.82. The lowest BCUT2D eigenvalue weighted by Gasteiger charge is -2.47. The molecule has 2 fully saturated rings. The van der Waals surface area contributed by atoms with Crippen LogP contribution in [-0.4, -0.2) is 114 Å². The van der Waals surface area contributed by atoms with Crippen LogP contribution in [0.5, 0.6) is 0 Å². The van der Waals surface area contributed by atoms with Crippen molar-refractivity contribution in [2.75, 3.05) is 26.9 Å². The Bertz CT molecular complexity index is 1240. The number of fused-ring (bicyclic) bond motifs is 2. The van der Waals surface area contributed by atoms with E-state index in [-0.39, 0.29) is 43.3 Å². The molecule has 0 radical (unpaired) electrons. The molecule has 0 aromatic carbocycles. The van der Waals surface area contributed by atoms with Crippen molar-refractivity contribution in [1.82, 2.24) is 0 Å². The fourth-order valence-corrected chi connectivity index (χ4v) is 7.88. The van der Waals surface area contributed by atoms with E-state index in [1.165, 1.54) is 13.8 Å². The van der Waals surface area contributed by atoms with Crippen molar-refractivity contribution in [1.29, 1.82) is 0 Å². The Kier molecular flexibility index (Phi) is 12.4. The molecule has 4 aliphatic rings. The number of methoxy groups -OCH3 is 1. The molecule has 0 amide bonds. The molecule has 272 valence electrons. The molecule has 4 N–H and O–H groups in total. The molecule has 1 saturated carbocycles. The number of carbonyl (C=O) groups is 2. The molecule has 48 heavy (non-hydrogen) atoms. The Hall–Kier alpha value is -2.16. The summed E-state index contributed by atoms with van der Waals surface area (Å²) >= 11 is 0. The van der Waals surface area contributed by atoms with Gasteiger partial charge in [-0.05, 0) is 57.4 Å². The van der Waals surface area contributed by atoms with Crippen LogP contribution in [0.3, 0.4) is 0 Å². The lowest BCUT2D eigenvalue weighted by atomic mass is 9.68. The van der Waals surface area contributed by atoms with Crippen LogP contribution in [0.1, 0.15) is 67.7 Å². The summed E-state index contributed by atoms with van der Waals surface area (Å²) in [7, 11) is 1.66. The zero-order valence-corrected chi connectivity index (χ0v) is 29.6. The number of ether oxygens (including phenoxy) is 6. The maximum Gasteiger partial charge on any atom is 0.303 e. The zero-order chi connectivity index (χ0) is 35.7. The molecule has 0 bridgehead atoms. The Morgan fingerprint density at radius 1 is 1.10 bits per heavy atom. The summed E-state index contributed by atoms with van der Waals surface area (Å²) in [4.78, 5) is 23.8. The second-order valence-electron chi connectivity index (χ2n) is 14.7. The van der Waals surface area contributed by atoms with Crippen molar-refractivity contribution in [2.24, 2.45) is 29.1 Å². The van der Waals surface area contributed by atoms with E-state index in [9.17, 15) is 30.0 Å². The highest BCUT2D eigenvalue weighted by molar-refractivity contribution is 5.66. The maximum absolute atomic E-state index is 12.3. The molecule has 1 saturated heterocycles. The SMILES string of the molecule is C=CC(C)(C)OC[C@H]1O[C@H](O[C@@H]2C3=C([C@H](C)COC(C)=O)C[C@H](O)[C@]3(C)/C=C3/[C@@H](COC)CC[C@H]3C(C)[C@H]2O)[C@H](O)[C@@H](OC(C)=O)[C@@H]1O. The molecule has 12 heteroatoms. The quantitative estimate of drug-likeness (QED) is 0.176. The molecule has 0 aromatic heterocycles. The standard InChI is InChI=1S/C36H56O12/c1-10-35(6,7)45-17-26-30(41)33(46-21(5)38)31(42)34(47-26)48-32-28-24(18(2)15-44-20(4)37)13-27(39)36(28,8)14-25-22(16-43-9)11-12-23(25)19(3)29(32)40/h10,14,18-19,22-23,26-27,29-34,39-42H,1,11-13,15-17H2,2-9H3/b25-14-/t18-,19?,22-,23+,26-,27+,29-,30-,31-,32-,33+,34-,36+/m1/s1. The lowest BCUT2D eigenvalue weighted by Crippen LogP contribution is -2.62. The van der Waals surface area contributed by atoms with Gasteiger partial charge in [-0.25, -0.2) is 0 Å². The molecule has 0 aromatic rings. The Morgan fingerprint density at radius 2 is 1.79 bits per heavy atom. The molecular formula is C36H56O12. The molecular weight excluding hydrogens is 624 g/mol. The predicted octanol–water partition coefficient (Wildman–Crippen LogP) is 2.61. The van der Waals surface area contributed by atoms with Crippen LogP contribution in [0.2, 0.25) is 0 Å². The molecule has 1 heterocycles. The lowest BCUT2D eigenvalue weighted by molar-refractivity contribution is -0.320. The second-order valence-corrected chi connectivity index (χ2v) is 14.7. The monoisotopic (exact) mass is 680 g/mol. The van der Waals surface area contributed by atoms with Gasteiger partial charge in [0.2, 0.25) is 0 Å². The number of aliphatic hydroxyl groups excluding tert-OH is 4. The minimum absolute atomic E-state index is 0.0190. The van der Waals surface area contributed by atoms with Gasteiger partial charge in [0.1, 0.15) is 24.4 Å². The van der Waals surface area contributed by atoms with E-state index in [2.05, 4.69) is 12.7 Å². The first-order chi connectivity index (χ1) is 22.4. The van der Waals surface area contributed by atoms with Gasteiger partial charge >= 0.3 is 11.9 Å². The summed E-state index contributed by atoms with van der Waals surface area (Å²) in [5, 5.41) is 46.7. The van der Waals surface area contributed by atoms with Crippen molar-refractivity contribution < 1.29 is 58.4 Å². The minimum atomic E-state index is -1.63. The number of hydrogen-bond acceptors (Lipinski definition) is 12. The number of rotatable bonds is 12. The van der Waals surface area contributed by atoms with Crippen LogP contribution < -0.4 is 0 Å². The summed E-state index contributed by atoms with van der Waals surface area (Å²) in [6.07, 6.45) is -4.54. The van der Waals surface area contributed by atoms with E-state index in [1.807, 2.05) is 20.8 Å². The molecule has 3 aliphatic carbocycles. The van der Waals surface area contributed by atoms with Crippen LogP contribution in [0.15, 0.2) is 35.5 Å². The third-order valence-corrected chi connectivity index (χ3v) is 10.8. The van der Waals surface area contributed by atoms with Crippen molar-refractivity contribution in [3.63, 3.8) is 0 Å². The molecule has 1 aliphatic heterocycles. The summed E-state index contributed by atoms with van der Waals surface area (Å²) in [6.45, 7) is 16.0. The summed E-state index contributed by atoms with van der Waals surface area (Å²) < 4.78 is 35.1. The number of aliphatic hydroxyl groups is 4. The average Bonchev–Trinajstić information content (AvgIpc) is 3.52. The van der Waals surface area contributed by atoms with E-state index in [0.29, 0.717) is 12.2 Å². The van der Waals surface area contributed by atoms with Gasteiger partial charge in [-0.15, -0.1) is 6.58 Å². The van der Waals surface area contributed by atoms with Gasteiger partial charge in [-0.3, -0.25) is 9.59 Å². The summed E-state index contributed by atoms with van der Waals surface area (Å²) in [6, 6.07) is 0. The van der Waals surface area contributed by atoms with E-state index >= 15 is 0 Å². The highest BCUT2D eigenvalue weighted by atomic mass is 16.7. The highest BCUT2D eigenvalue weighted by Gasteiger charge is 2.56. The Morgan fingerprint density at radius 3 is 2.40 bits per heavy atom.